The van der Waals surface area contributed by atoms with Gasteiger partial charge in [-0.3, -0.25) is 4.90 Å². The summed E-state index contributed by atoms with van der Waals surface area (Å²) >= 11 is 0. The number of halogens is 1. The van der Waals surface area contributed by atoms with Crippen molar-refractivity contribution in [2.24, 2.45) is 0 Å². The highest BCUT2D eigenvalue weighted by Crippen LogP contribution is 2.27. The molecule has 3 nitrogen and oxygen atoms in total. The number of furan rings is 1. The Hall–Kier alpha value is -2.95. The average molecular weight is 415 g/mol. The molecule has 0 unspecified atom stereocenters. The van der Waals surface area contributed by atoms with Gasteiger partial charge in [-0.15, -0.1) is 0 Å². The highest BCUT2D eigenvalue weighted by atomic mass is 19.1. The molecule has 0 spiro atoms. The molecule has 0 radical (unpaired) electrons. The van der Waals surface area contributed by atoms with E-state index in [2.05, 4.69) is 52.3 Å². The van der Waals surface area contributed by atoms with Gasteiger partial charge >= 0.3 is 0 Å². The van der Waals surface area contributed by atoms with E-state index in [9.17, 15) is 4.39 Å². The lowest BCUT2D eigenvalue weighted by Gasteiger charge is -2.34. The number of nitrogens with zero attached hydrogens (tertiary/aromatic N) is 2. The molecule has 0 N–H and O–H groups in total. The Morgan fingerprint density at radius 3 is 2.32 bits per heavy atom. The fourth-order valence-electron chi connectivity index (χ4n) is 4.35. The second kappa shape index (κ2) is 9.04. The minimum Gasteiger partial charge on any atom is -0.460 e. The van der Waals surface area contributed by atoms with E-state index in [0.29, 0.717) is 0 Å². The average Bonchev–Trinajstić information content (AvgIpc) is 3.21. The van der Waals surface area contributed by atoms with Crippen molar-refractivity contribution in [2.45, 2.75) is 13.0 Å². The molecular formula is C27H27FN2O. The van der Waals surface area contributed by atoms with Gasteiger partial charge in [0.2, 0.25) is 0 Å². The van der Waals surface area contributed by atoms with Crippen LogP contribution in [0.25, 0.3) is 22.1 Å². The van der Waals surface area contributed by atoms with E-state index in [1.165, 1.54) is 11.6 Å². The van der Waals surface area contributed by atoms with Crippen molar-refractivity contribution in [3.8, 4) is 11.1 Å². The van der Waals surface area contributed by atoms with Crippen LogP contribution in [-0.2, 0) is 13.0 Å². The summed E-state index contributed by atoms with van der Waals surface area (Å²) in [4.78, 5) is 5.01. The Balaban J connectivity index is 1.18. The number of hydrogen-bond donors (Lipinski definition) is 0. The van der Waals surface area contributed by atoms with Gasteiger partial charge in [-0.25, -0.2) is 4.39 Å². The van der Waals surface area contributed by atoms with Crippen LogP contribution in [0.1, 0.15) is 11.3 Å². The van der Waals surface area contributed by atoms with Crippen molar-refractivity contribution in [3.63, 3.8) is 0 Å². The number of benzene rings is 3. The lowest BCUT2D eigenvalue weighted by Crippen LogP contribution is -2.46. The quantitative estimate of drug-likeness (QED) is 0.409. The van der Waals surface area contributed by atoms with Crippen LogP contribution in [0.5, 0.6) is 0 Å². The SMILES string of the molecule is Fc1cccc(-c2ccc3oc(CN4CCN(CCc5ccccc5)CC4)cc3c2)c1. The van der Waals surface area contributed by atoms with E-state index in [4.69, 9.17) is 4.42 Å². The minimum atomic E-state index is -0.214. The zero-order valence-corrected chi connectivity index (χ0v) is 17.6. The van der Waals surface area contributed by atoms with Gasteiger partial charge in [0.1, 0.15) is 17.2 Å². The van der Waals surface area contributed by atoms with Crippen LogP contribution < -0.4 is 0 Å². The van der Waals surface area contributed by atoms with E-state index < -0.39 is 0 Å². The minimum absolute atomic E-state index is 0.214. The van der Waals surface area contributed by atoms with Gasteiger partial charge in [0, 0.05) is 38.1 Å². The number of hydrogen-bond acceptors (Lipinski definition) is 3. The van der Waals surface area contributed by atoms with Gasteiger partial charge in [-0.1, -0.05) is 48.5 Å². The molecule has 0 bridgehead atoms. The predicted octanol–water partition coefficient (Wildman–Crippen LogP) is 5.60. The van der Waals surface area contributed by atoms with Crippen molar-refractivity contribution < 1.29 is 8.81 Å². The van der Waals surface area contributed by atoms with Crippen LogP contribution in [0.3, 0.4) is 0 Å². The van der Waals surface area contributed by atoms with E-state index in [1.807, 2.05) is 18.2 Å². The molecule has 31 heavy (non-hydrogen) atoms. The number of piperazine rings is 1. The maximum Gasteiger partial charge on any atom is 0.134 e. The molecule has 3 aromatic carbocycles. The predicted molar refractivity (Wildman–Crippen MR) is 123 cm³/mol. The van der Waals surface area contributed by atoms with Crippen molar-refractivity contribution in [1.29, 1.82) is 0 Å². The summed E-state index contributed by atoms with van der Waals surface area (Å²) in [5, 5.41) is 1.07. The molecule has 1 aromatic heterocycles. The summed E-state index contributed by atoms with van der Waals surface area (Å²) in [6, 6.07) is 25.6. The third kappa shape index (κ3) is 4.87. The third-order valence-electron chi connectivity index (χ3n) is 6.13. The Kier molecular flexibility index (Phi) is 5.83. The standard InChI is InChI=1S/C27H27FN2O/c28-25-8-4-7-22(18-25)23-9-10-27-24(17-23)19-26(31-27)20-30-15-13-29(14-16-30)12-11-21-5-2-1-3-6-21/h1-10,17-19H,11-16,20H2. The van der Waals surface area contributed by atoms with Gasteiger partial charge in [-0.05, 0) is 53.4 Å². The molecule has 4 aromatic rings. The lowest BCUT2D eigenvalue weighted by atomic mass is 10.0. The molecule has 1 aliphatic heterocycles. The topological polar surface area (TPSA) is 19.6 Å². The largest absolute Gasteiger partial charge is 0.460 e. The van der Waals surface area contributed by atoms with Crippen LogP contribution in [0.4, 0.5) is 4.39 Å². The smallest absolute Gasteiger partial charge is 0.134 e. The Labute approximate surface area is 182 Å². The second-order valence-electron chi connectivity index (χ2n) is 8.33. The zero-order chi connectivity index (χ0) is 21.0. The molecule has 5 rings (SSSR count). The summed E-state index contributed by atoms with van der Waals surface area (Å²) in [5.74, 6) is 0.775. The number of rotatable bonds is 6. The molecule has 4 heteroatoms. The maximum atomic E-state index is 13.6. The van der Waals surface area contributed by atoms with Gasteiger partial charge in [0.15, 0.2) is 0 Å². The molecule has 1 aliphatic rings. The van der Waals surface area contributed by atoms with Crippen molar-refractivity contribution >= 4 is 11.0 Å². The van der Waals surface area contributed by atoms with Crippen molar-refractivity contribution in [2.75, 3.05) is 32.7 Å². The molecule has 1 saturated heterocycles. The molecule has 0 atom stereocenters. The first-order chi connectivity index (χ1) is 15.2. The Morgan fingerprint density at radius 1 is 0.742 bits per heavy atom. The monoisotopic (exact) mass is 414 g/mol. The first kappa shape index (κ1) is 20.0. The number of fused-ring (bicyclic) bond motifs is 1. The van der Waals surface area contributed by atoms with Crippen LogP contribution >= 0.6 is 0 Å². The molecule has 0 amide bonds. The fraction of sp³-hybridized carbons (Fsp3) is 0.259. The zero-order valence-electron chi connectivity index (χ0n) is 17.6. The van der Waals surface area contributed by atoms with Gasteiger partial charge in [0.05, 0.1) is 6.54 Å². The Morgan fingerprint density at radius 2 is 1.52 bits per heavy atom. The highest BCUT2D eigenvalue weighted by Gasteiger charge is 2.18. The van der Waals surface area contributed by atoms with E-state index >= 15 is 0 Å². The summed E-state index contributed by atoms with van der Waals surface area (Å²) in [6.07, 6.45) is 1.11. The second-order valence-corrected chi connectivity index (χ2v) is 8.33. The first-order valence-electron chi connectivity index (χ1n) is 11.0. The maximum absolute atomic E-state index is 13.6. The normalized spacial score (nSPS) is 15.5. The molecule has 1 fully saturated rings. The van der Waals surface area contributed by atoms with Gasteiger partial charge < -0.3 is 9.32 Å². The molecular weight excluding hydrogens is 387 g/mol. The van der Waals surface area contributed by atoms with Gasteiger partial charge in [-0.2, -0.15) is 0 Å². The molecule has 0 saturated carbocycles. The van der Waals surface area contributed by atoms with Crippen molar-refractivity contribution in [1.82, 2.24) is 9.80 Å². The van der Waals surface area contributed by atoms with E-state index in [1.54, 1.807) is 12.1 Å². The Bertz CT molecular complexity index is 1150. The fourth-order valence-corrected chi connectivity index (χ4v) is 4.35. The molecule has 158 valence electrons. The van der Waals surface area contributed by atoms with Crippen LogP contribution in [-0.4, -0.2) is 42.5 Å². The third-order valence-corrected chi connectivity index (χ3v) is 6.13. The van der Waals surface area contributed by atoms with Crippen molar-refractivity contribution in [3.05, 3.63) is 96.0 Å². The van der Waals surface area contributed by atoms with Crippen LogP contribution in [0, 0.1) is 5.82 Å². The summed E-state index contributed by atoms with van der Waals surface area (Å²) in [7, 11) is 0. The lowest BCUT2D eigenvalue weighted by molar-refractivity contribution is 0.122. The van der Waals surface area contributed by atoms with Crippen LogP contribution in [0.2, 0.25) is 0 Å². The van der Waals surface area contributed by atoms with Crippen LogP contribution in [0.15, 0.2) is 83.3 Å². The summed E-state index contributed by atoms with van der Waals surface area (Å²) in [5.41, 5.74) is 4.18. The molecule has 0 aliphatic carbocycles. The highest BCUT2D eigenvalue weighted by molar-refractivity contribution is 5.84. The summed E-state index contributed by atoms with van der Waals surface area (Å²) < 4.78 is 19.7. The van der Waals surface area contributed by atoms with E-state index in [-0.39, 0.29) is 5.82 Å². The van der Waals surface area contributed by atoms with Gasteiger partial charge in [0.25, 0.3) is 0 Å². The first-order valence-corrected chi connectivity index (χ1v) is 11.0. The molecule has 2 heterocycles. The summed E-state index contributed by atoms with van der Waals surface area (Å²) in [6.45, 7) is 6.25. The van der Waals surface area contributed by atoms with E-state index in [0.717, 1.165) is 73.5 Å².